The van der Waals surface area contributed by atoms with E-state index < -0.39 is 34.5 Å². The van der Waals surface area contributed by atoms with Crippen LogP contribution in [0.25, 0.3) is 0 Å². The zero-order chi connectivity index (χ0) is 18.3. The first kappa shape index (κ1) is 20.6. The molecule has 0 saturated carbocycles. The predicted molar refractivity (Wildman–Crippen MR) is 92.7 cm³/mol. The Morgan fingerprint density at radius 1 is 1.29 bits per heavy atom. The van der Waals surface area contributed by atoms with Gasteiger partial charge in [-0.1, -0.05) is 35.8 Å². The fourth-order valence-electron chi connectivity index (χ4n) is 1.95. The van der Waals surface area contributed by atoms with Gasteiger partial charge in [0, 0.05) is 4.47 Å². The van der Waals surface area contributed by atoms with Crippen LogP contribution >= 0.6 is 15.9 Å². The van der Waals surface area contributed by atoms with Crippen LogP contribution in [-0.4, -0.2) is 40.0 Å². The number of rotatable bonds is 8. The third-order valence-electron chi connectivity index (χ3n) is 3.06. The predicted octanol–water partition coefficient (Wildman–Crippen LogP) is 1.43. The molecule has 7 nitrogen and oxygen atoms in total. The van der Waals surface area contributed by atoms with Gasteiger partial charge in [0.25, 0.3) is 0 Å². The summed E-state index contributed by atoms with van der Waals surface area (Å²) < 4.78 is 31.7. The van der Waals surface area contributed by atoms with Gasteiger partial charge in [-0.2, -0.15) is 0 Å². The molecule has 0 saturated heterocycles. The Morgan fingerprint density at radius 3 is 2.50 bits per heavy atom. The van der Waals surface area contributed by atoms with Gasteiger partial charge in [-0.3, -0.25) is 4.79 Å². The average molecular weight is 421 g/mol. The molecule has 0 aliphatic carbocycles. The molecule has 9 heteroatoms. The van der Waals surface area contributed by atoms with Crippen molar-refractivity contribution in [3.05, 3.63) is 28.7 Å². The average Bonchev–Trinajstić information content (AvgIpc) is 2.51. The fourth-order valence-corrected chi connectivity index (χ4v) is 3.53. The molecule has 2 N–H and O–H groups in total. The summed E-state index contributed by atoms with van der Waals surface area (Å²) >= 11 is 3.19. The lowest BCUT2D eigenvalue weighted by Gasteiger charge is -2.18. The second-order valence-corrected chi connectivity index (χ2v) is 8.24. The Hall–Kier alpha value is -1.45. The molecule has 1 aromatic rings. The summed E-state index contributed by atoms with van der Waals surface area (Å²) in [6.45, 7) is 3.33. The second kappa shape index (κ2) is 9.14. The molecule has 1 unspecified atom stereocenters. The van der Waals surface area contributed by atoms with Crippen molar-refractivity contribution in [2.45, 2.75) is 31.2 Å². The van der Waals surface area contributed by atoms with E-state index in [9.17, 15) is 18.0 Å². The van der Waals surface area contributed by atoms with Crippen LogP contribution in [0.3, 0.4) is 0 Å². The minimum absolute atomic E-state index is 0.0383. The number of sulfonamides is 1. The summed E-state index contributed by atoms with van der Waals surface area (Å²) in [4.78, 5) is 23.6. The van der Waals surface area contributed by atoms with E-state index in [0.29, 0.717) is 10.9 Å². The molecular weight excluding hydrogens is 400 g/mol. The number of benzene rings is 1. The molecule has 0 spiro atoms. The highest BCUT2D eigenvalue weighted by Gasteiger charge is 2.23. The highest BCUT2D eigenvalue weighted by Crippen LogP contribution is 2.15. The smallest absolute Gasteiger partial charge is 0.328 e. The van der Waals surface area contributed by atoms with Gasteiger partial charge in [-0.05, 0) is 30.5 Å². The van der Waals surface area contributed by atoms with E-state index in [2.05, 4.69) is 30.7 Å². The van der Waals surface area contributed by atoms with E-state index in [1.54, 1.807) is 12.1 Å². The van der Waals surface area contributed by atoms with E-state index in [4.69, 9.17) is 0 Å². The zero-order valence-electron chi connectivity index (χ0n) is 13.7. The normalized spacial score (nSPS) is 12.7. The summed E-state index contributed by atoms with van der Waals surface area (Å²) in [5.41, 5.74) is 0. The summed E-state index contributed by atoms with van der Waals surface area (Å²) in [5, 5.41) is 2.48. The van der Waals surface area contributed by atoms with E-state index in [1.807, 2.05) is 13.8 Å². The third-order valence-corrected chi connectivity index (χ3v) is 4.95. The lowest BCUT2D eigenvalue weighted by molar-refractivity contribution is -0.145. The van der Waals surface area contributed by atoms with Crippen LogP contribution in [0.2, 0.25) is 0 Å². The van der Waals surface area contributed by atoms with E-state index in [0.717, 1.165) is 0 Å². The van der Waals surface area contributed by atoms with Crippen LogP contribution in [0.4, 0.5) is 0 Å². The molecule has 1 rings (SSSR count). The van der Waals surface area contributed by atoms with Crippen molar-refractivity contribution >= 4 is 37.8 Å². The van der Waals surface area contributed by atoms with Crippen molar-refractivity contribution in [2.24, 2.45) is 5.92 Å². The van der Waals surface area contributed by atoms with Crippen molar-refractivity contribution in [3.8, 4) is 0 Å². The van der Waals surface area contributed by atoms with Crippen LogP contribution < -0.4 is 10.0 Å². The SMILES string of the molecule is COC(=O)C(CC(C)C)NC(=O)CNS(=O)(=O)c1cccc(Br)c1. The second-order valence-electron chi connectivity index (χ2n) is 5.55. The van der Waals surface area contributed by atoms with Crippen molar-refractivity contribution < 1.29 is 22.7 Å². The lowest BCUT2D eigenvalue weighted by atomic mass is 10.0. The number of nitrogens with one attached hydrogen (secondary N) is 2. The van der Waals surface area contributed by atoms with Crippen LogP contribution in [0.5, 0.6) is 0 Å². The van der Waals surface area contributed by atoms with E-state index >= 15 is 0 Å². The molecular formula is C15H21BrN2O5S. The number of carbonyl (C=O) groups excluding carboxylic acids is 2. The molecule has 24 heavy (non-hydrogen) atoms. The monoisotopic (exact) mass is 420 g/mol. The summed E-state index contributed by atoms with van der Waals surface area (Å²) in [7, 11) is -2.59. The first-order valence-electron chi connectivity index (χ1n) is 7.28. The number of halogens is 1. The number of hydrogen-bond acceptors (Lipinski definition) is 5. The third kappa shape index (κ3) is 6.58. The molecule has 0 bridgehead atoms. The topological polar surface area (TPSA) is 102 Å². The maximum atomic E-state index is 12.1. The van der Waals surface area contributed by atoms with Gasteiger partial charge in [-0.25, -0.2) is 17.9 Å². The quantitative estimate of drug-likeness (QED) is 0.619. The van der Waals surface area contributed by atoms with Crippen molar-refractivity contribution in [1.82, 2.24) is 10.0 Å². The highest BCUT2D eigenvalue weighted by molar-refractivity contribution is 9.10. The van der Waals surface area contributed by atoms with Gasteiger partial charge >= 0.3 is 5.97 Å². The van der Waals surface area contributed by atoms with Crippen LogP contribution in [0.1, 0.15) is 20.3 Å². The first-order valence-corrected chi connectivity index (χ1v) is 9.55. The van der Waals surface area contributed by atoms with Crippen LogP contribution in [0, 0.1) is 5.92 Å². The Morgan fingerprint density at radius 2 is 1.96 bits per heavy atom. The molecule has 0 heterocycles. The molecule has 0 aliphatic rings. The minimum Gasteiger partial charge on any atom is -0.467 e. The lowest BCUT2D eigenvalue weighted by Crippen LogP contribution is -2.46. The first-order chi connectivity index (χ1) is 11.2. The number of amides is 1. The molecule has 1 atom stereocenters. The molecule has 0 fully saturated rings. The van der Waals surface area contributed by atoms with E-state index in [-0.39, 0.29) is 10.8 Å². The largest absolute Gasteiger partial charge is 0.467 e. The Balaban J connectivity index is 2.68. The van der Waals surface area contributed by atoms with Gasteiger partial charge in [0.05, 0.1) is 18.6 Å². The zero-order valence-corrected chi connectivity index (χ0v) is 16.1. The van der Waals surface area contributed by atoms with Crippen LogP contribution in [-0.2, 0) is 24.3 Å². The molecule has 1 amide bonds. The maximum Gasteiger partial charge on any atom is 0.328 e. The molecule has 1 aromatic carbocycles. The Kier molecular flexibility index (Phi) is 7.85. The number of carbonyl (C=O) groups is 2. The number of esters is 1. The highest BCUT2D eigenvalue weighted by atomic mass is 79.9. The molecule has 0 radical (unpaired) electrons. The summed E-state index contributed by atoms with van der Waals surface area (Å²) in [6.07, 6.45) is 0.400. The fraction of sp³-hybridized carbons (Fsp3) is 0.467. The number of methoxy groups -OCH3 is 1. The van der Waals surface area contributed by atoms with Crippen molar-refractivity contribution in [1.29, 1.82) is 0 Å². The van der Waals surface area contributed by atoms with E-state index in [1.165, 1.54) is 19.2 Å². The van der Waals surface area contributed by atoms with Gasteiger partial charge in [0.2, 0.25) is 15.9 Å². The van der Waals surface area contributed by atoms with Crippen molar-refractivity contribution in [3.63, 3.8) is 0 Å². The molecule has 0 aromatic heterocycles. The molecule has 134 valence electrons. The summed E-state index contributed by atoms with van der Waals surface area (Å²) in [5.74, 6) is -1.01. The maximum absolute atomic E-state index is 12.1. The van der Waals surface area contributed by atoms with Gasteiger partial charge in [0.15, 0.2) is 0 Å². The Bertz CT molecular complexity index is 691. The van der Waals surface area contributed by atoms with Crippen molar-refractivity contribution in [2.75, 3.05) is 13.7 Å². The molecule has 0 aliphatic heterocycles. The van der Waals surface area contributed by atoms with Gasteiger partial charge in [0.1, 0.15) is 6.04 Å². The van der Waals surface area contributed by atoms with Crippen LogP contribution in [0.15, 0.2) is 33.6 Å². The van der Waals surface area contributed by atoms with Gasteiger partial charge in [-0.15, -0.1) is 0 Å². The number of hydrogen-bond donors (Lipinski definition) is 2. The standard InChI is InChI=1S/C15H21BrN2O5S/c1-10(2)7-13(15(20)23-3)18-14(19)9-17-24(21,22)12-6-4-5-11(16)8-12/h4-6,8,10,13,17H,7,9H2,1-3H3,(H,18,19). The minimum atomic E-state index is -3.82. The summed E-state index contributed by atoms with van der Waals surface area (Å²) in [6, 6.07) is 5.31. The number of ether oxygens (including phenoxy) is 1. The Labute approximate surface area is 150 Å². The van der Waals surface area contributed by atoms with Gasteiger partial charge < -0.3 is 10.1 Å².